The molecule has 1 fully saturated rings. The lowest BCUT2D eigenvalue weighted by Gasteiger charge is -2.12. The molecule has 0 saturated heterocycles. The van der Waals surface area contributed by atoms with Crippen LogP contribution >= 0.6 is 0 Å². The average Bonchev–Trinajstić information content (AvgIpc) is 3.35. The van der Waals surface area contributed by atoms with E-state index in [1.807, 2.05) is 41.3 Å². The predicted molar refractivity (Wildman–Crippen MR) is 128 cm³/mol. The topological polar surface area (TPSA) is 122 Å². The zero-order valence-corrected chi connectivity index (χ0v) is 18.8. The van der Waals surface area contributed by atoms with Crippen molar-refractivity contribution in [2.75, 3.05) is 5.73 Å². The first-order valence-electron chi connectivity index (χ1n) is 11.2. The highest BCUT2D eigenvalue weighted by molar-refractivity contribution is 5.85. The van der Waals surface area contributed by atoms with E-state index >= 15 is 0 Å². The van der Waals surface area contributed by atoms with Crippen molar-refractivity contribution in [2.45, 2.75) is 38.6 Å². The number of rotatable bonds is 5. The third-order valence-electron chi connectivity index (χ3n) is 6.12. The first-order valence-corrected chi connectivity index (χ1v) is 11.2. The fourth-order valence-corrected chi connectivity index (χ4v) is 4.11. The van der Waals surface area contributed by atoms with E-state index < -0.39 is 0 Å². The zero-order valence-electron chi connectivity index (χ0n) is 18.8. The van der Waals surface area contributed by atoms with Crippen LogP contribution < -0.4 is 11.3 Å². The minimum absolute atomic E-state index is 0.174. The molecule has 5 aromatic rings. The third-order valence-corrected chi connectivity index (χ3v) is 6.12. The van der Waals surface area contributed by atoms with Crippen molar-refractivity contribution in [3.05, 3.63) is 71.6 Å². The Morgan fingerprint density at radius 3 is 2.74 bits per heavy atom. The van der Waals surface area contributed by atoms with Crippen molar-refractivity contribution in [1.82, 2.24) is 38.9 Å². The number of nitrogens with two attached hydrogens (primary N) is 1. The molecule has 170 valence electrons. The van der Waals surface area contributed by atoms with Crippen LogP contribution in [0.5, 0.6) is 0 Å². The molecular weight excluding hydrogens is 430 g/mol. The van der Waals surface area contributed by atoms with E-state index in [1.165, 1.54) is 23.7 Å². The molecule has 10 heteroatoms. The second-order valence-electron chi connectivity index (χ2n) is 8.86. The van der Waals surface area contributed by atoms with Crippen LogP contribution in [0.25, 0.3) is 33.9 Å². The molecule has 0 bridgehead atoms. The van der Waals surface area contributed by atoms with E-state index in [2.05, 4.69) is 25.1 Å². The Labute approximate surface area is 194 Å². The van der Waals surface area contributed by atoms with Gasteiger partial charge in [-0.05, 0) is 51.0 Å². The molecule has 4 heterocycles. The molecule has 0 unspecified atom stereocenters. The van der Waals surface area contributed by atoms with Crippen molar-refractivity contribution in [1.29, 1.82) is 0 Å². The van der Waals surface area contributed by atoms with Gasteiger partial charge in [-0.3, -0.25) is 9.36 Å². The second-order valence-corrected chi connectivity index (χ2v) is 8.86. The van der Waals surface area contributed by atoms with E-state index in [-0.39, 0.29) is 11.6 Å². The minimum atomic E-state index is -0.233. The maximum Gasteiger partial charge on any atom is 0.267 e. The number of pyridine rings is 1. The van der Waals surface area contributed by atoms with Crippen molar-refractivity contribution in [3.8, 4) is 23.0 Å². The lowest BCUT2D eigenvalue weighted by molar-refractivity contribution is 0.603. The van der Waals surface area contributed by atoms with Gasteiger partial charge in [0.15, 0.2) is 5.82 Å². The number of nitrogens with zero attached hydrogens (tertiary/aromatic N) is 8. The standard InChI is InChI=1S/C24H23N9O/c1-14(2)32-13-28-30-23(32)18-4-3-5-22(29-18)33-12-27-19-9-17(25)21(8-16(19)24(33)34)31-10-20(26-11-31)15-6-7-15/h3-5,8-15H,6-7,25H2,1-2H3. The van der Waals surface area contributed by atoms with Crippen LogP contribution in [0.3, 0.4) is 0 Å². The summed E-state index contributed by atoms with van der Waals surface area (Å²) in [6.45, 7) is 4.09. The number of fused-ring (bicyclic) bond motifs is 1. The van der Waals surface area contributed by atoms with Gasteiger partial charge in [0, 0.05) is 18.2 Å². The molecule has 1 aliphatic carbocycles. The van der Waals surface area contributed by atoms with E-state index in [4.69, 9.17) is 5.73 Å². The summed E-state index contributed by atoms with van der Waals surface area (Å²) in [6.07, 6.45) is 9.22. The van der Waals surface area contributed by atoms with Crippen LogP contribution in [0.1, 0.15) is 44.3 Å². The minimum Gasteiger partial charge on any atom is -0.397 e. The van der Waals surface area contributed by atoms with E-state index in [0.717, 1.165) is 5.69 Å². The zero-order chi connectivity index (χ0) is 23.4. The molecule has 0 atom stereocenters. The van der Waals surface area contributed by atoms with Gasteiger partial charge in [0.05, 0.1) is 34.3 Å². The van der Waals surface area contributed by atoms with Crippen molar-refractivity contribution in [3.63, 3.8) is 0 Å². The van der Waals surface area contributed by atoms with Crippen LogP contribution in [0.15, 0.2) is 60.3 Å². The lowest BCUT2D eigenvalue weighted by Crippen LogP contribution is -2.20. The van der Waals surface area contributed by atoms with E-state index in [0.29, 0.717) is 45.5 Å². The van der Waals surface area contributed by atoms with E-state index in [1.54, 1.807) is 30.9 Å². The normalized spacial score (nSPS) is 13.7. The molecule has 1 saturated carbocycles. The lowest BCUT2D eigenvalue weighted by atomic mass is 10.2. The summed E-state index contributed by atoms with van der Waals surface area (Å²) in [7, 11) is 0. The summed E-state index contributed by atoms with van der Waals surface area (Å²) in [4.78, 5) is 27.2. The maximum absolute atomic E-state index is 13.5. The first kappa shape index (κ1) is 20.3. The number of nitrogen functional groups attached to an aromatic ring is 1. The number of imidazole rings is 1. The molecular formula is C24H23N9O. The van der Waals surface area contributed by atoms with E-state index in [9.17, 15) is 4.79 Å². The SMILES string of the molecule is CC(C)n1cnnc1-c1cccc(-n2cnc3cc(N)c(-n4cnc(C5CC5)c4)cc3c2=O)n1. The second kappa shape index (κ2) is 7.62. The summed E-state index contributed by atoms with van der Waals surface area (Å²) >= 11 is 0. The quantitative estimate of drug-likeness (QED) is 0.405. The highest BCUT2D eigenvalue weighted by Crippen LogP contribution is 2.39. The van der Waals surface area contributed by atoms with Gasteiger partial charge in [0.25, 0.3) is 5.56 Å². The summed E-state index contributed by atoms with van der Waals surface area (Å²) in [5.74, 6) is 1.62. The Balaban J connectivity index is 1.45. The van der Waals surface area contributed by atoms with Gasteiger partial charge in [0.2, 0.25) is 0 Å². The van der Waals surface area contributed by atoms with Gasteiger partial charge in [-0.15, -0.1) is 10.2 Å². The smallest absolute Gasteiger partial charge is 0.267 e. The van der Waals surface area contributed by atoms with Gasteiger partial charge in [-0.1, -0.05) is 6.07 Å². The van der Waals surface area contributed by atoms with Gasteiger partial charge in [-0.2, -0.15) is 0 Å². The maximum atomic E-state index is 13.5. The average molecular weight is 454 g/mol. The van der Waals surface area contributed by atoms with Crippen LogP contribution in [0.4, 0.5) is 5.69 Å². The molecule has 0 amide bonds. The molecule has 2 N–H and O–H groups in total. The molecule has 34 heavy (non-hydrogen) atoms. The first-order chi connectivity index (χ1) is 16.5. The summed E-state index contributed by atoms with van der Waals surface area (Å²) in [5.41, 5.74) is 9.52. The Morgan fingerprint density at radius 1 is 1.09 bits per heavy atom. The fraction of sp³-hybridized carbons (Fsp3) is 0.250. The molecule has 1 aliphatic rings. The molecule has 6 rings (SSSR count). The molecule has 0 aliphatic heterocycles. The van der Waals surface area contributed by atoms with Crippen molar-refractivity contribution < 1.29 is 0 Å². The Morgan fingerprint density at radius 2 is 1.94 bits per heavy atom. The Bertz CT molecular complexity index is 1590. The van der Waals surface area contributed by atoms with Gasteiger partial charge >= 0.3 is 0 Å². The monoisotopic (exact) mass is 453 g/mol. The summed E-state index contributed by atoms with van der Waals surface area (Å²) in [6, 6.07) is 9.13. The number of aromatic nitrogens is 8. The highest BCUT2D eigenvalue weighted by atomic mass is 16.1. The van der Waals surface area contributed by atoms with Gasteiger partial charge in [-0.25, -0.2) is 15.0 Å². The molecule has 0 spiro atoms. The van der Waals surface area contributed by atoms with Crippen LogP contribution in [-0.4, -0.2) is 38.9 Å². The van der Waals surface area contributed by atoms with Crippen molar-refractivity contribution in [2.24, 2.45) is 0 Å². The van der Waals surface area contributed by atoms with Crippen LogP contribution in [-0.2, 0) is 0 Å². The largest absolute Gasteiger partial charge is 0.397 e. The summed E-state index contributed by atoms with van der Waals surface area (Å²) < 4.78 is 5.24. The number of hydrogen-bond donors (Lipinski definition) is 1. The van der Waals surface area contributed by atoms with Gasteiger partial charge < -0.3 is 14.9 Å². The number of benzene rings is 1. The molecule has 4 aromatic heterocycles. The fourth-order valence-electron chi connectivity index (χ4n) is 4.11. The number of anilines is 1. The summed E-state index contributed by atoms with van der Waals surface area (Å²) in [5, 5.41) is 8.68. The molecule has 0 radical (unpaired) electrons. The number of hydrogen-bond acceptors (Lipinski definition) is 7. The molecule has 1 aromatic carbocycles. The van der Waals surface area contributed by atoms with Crippen molar-refractivity contribution >= 4 is 16.6 Å². The van der Waals surface area contributed by atoms with Gasteiger partial charge in [0.1, 0.15) is 24.2 Å². The Hall–Kier alpha value is -4.34. The Kier molecular flexibility index (Phi) is 4.54. The van der Waals surface area contributed by atoms with Crippen LogP contribution in [0, 0.1) is 0 Å². The predicted octanol–water partition coefficient (Wildman–Crippen LogP) is 3.27. The molecule has 10 nitrogen and oxygen atoms in total. The third kappa shape index (κ3) is 3.35. The van der Waals surface area contributed by atoms with Crippen LogP contribution in [0.2, 0.25) is 0 Å². The highest BCUT2D eigenvalue weighted by Gasteiger charge is 2.26.